The van der Waals surface area contributed by atoms with Crippen LogP contribution in [0.1, 0.15) is 23.6 Å². The maximum atomic E-state index is 9.32. The van der Waals surface area contributed by atoms with Crippen LogP contribution in [0, 0.1) is 11.3 Å². The van der Waals surface area contributed by atoms with Crippen molar-refractivity contribution in [3.63, 3.8) is 0 Å². The van der Waals surface area contributed by atoms with Gasteiger partial charge in [0, 0.05) is 0 Å². The molecule has 0 radical (unpaired) electrons. The Morgan fingerprint density at radius 3 is 2.48 bits per heavy atom. The van der Waals surface area contributed by atoms with E-state index in [9.17, 15) is 5.26 Å². The number of halogens is 1. The van der Waals surface area contributed by atoms with E-state index in [4.69, 9.17) is 9.47 Å². The van der Waals surface area contributed by atoms with Crippen LogP contribution in [-0.4, -0.2) is 13.7 Å². The Bertz CT molecular complexity index is 660. The van der Waals surface area contributed by atoms with Gasteiger partial charge in [0.2, 0.25) is 0 Å². The van der Waals surface area contributed by atoms with Gasteiger partial charge in [-0.05, 0) is 64.7 Å². The molecule has 2 rings (SSSR count). The van der Waals surface area contributed by atoms with E-state index in [1.165, 1.54) is 0 Å². The van der Waals surface area contributed by atoms with Gasteiger partial charge in [-0.15, -0.1) is 0 Å². The van der Waals surface area contributed by atoms with E-state index in [0.29, 0.717) is 24.3 Å². The van der Waals surface area contributed by atoms with E-state index in [1.54, 1.807) is 13.2 Å². The Morgan fingerprint density at radius 1 is 1.19 bits per heavy atom. The lowest BCUT2D eigenvalue weighted by molar-refractivity contribution is 0.338. The second-order valence-electron chi connectivity index (χ2n) is 4.51. The lowest BCUT2D eigenvalue weighted by Gasteiger charge is -2.11. The molecule has 0 aromatic heterocycles. The highest BCUT2D eigenvalue weighted by atomic mass is 79.9. The van der Waals surface area contributed by atoms with Gasteiger partial charge in [0.1, 0.15) is 11.5 Å². The number of methoxy groups -OCH3 is 1. The minimum absolute atomic E-state index is 0.571. The Labute approximate surface area is 133 Å². The van der Waals surface area contributed by atoms with Crippen LogP contribution in [0.4, 0.5) is 0 Å². The van der Waals surface area contributed by atoms with Gasteiger partial charge in [-0.1, -0.05) is 12.1 Å². The lowest BCUT2D eigenvalue weighted by Crippen LogP contribution is -1.98. The van der Waals surface area contributed by atoms with Crippen LogP contribution in [-0.2, 0) is 6.42 Å². The maximum absolute atomic E-state index is 9.32. The molecule has 0 aliphatic carbocycles. The molecule has 0 bridgehead atoms. The summed E-state index contributed by atoms with van der Waals surface area (Å²) in [5, 5.41) is 9.32. The molecule has 0 saturated heterocycles. The Kier molecular flexibility index (Phi) is 5.24. The van der Waals surface area contributed by atoms with Crippen LogP contribution < -0.4 is 9.47 Å². The number of hydrogen-bond donors (Lipinski definition) is 0. The largest absolute Gasteiger partial charge is 0.497 e. The molecule has 2 aromatic rings. The number of ether oxygens (including phenoxy) is 2. The van der Waals surface area contributed by atoms with Crippen molar-refractivity contribution >= 4 is 15.9 Å². The monoisotopic (exact) mass is 345 g/mol. The smallest absolute Gasteiger partial charge is 0.134 e. The second-order valence-corrected chi connectivity index (χ2v) is 5.36. The first-order chi connectivity index (χ1) is 10.2. The van der Waals surface area contributed by atoms with Crippen molar-refractivity contribution < 1.29 is 9.47 Å². The van der Waals surface area contributed by atoms with Crippen molar-refractivity contribution in [3.8, 4) is 17.6 Å². The number of nitrogens with zero attached hydrogens (tertiary/aromatic N) is 1. The number of hydrogen-bond acceptors (Lipinski definition) is 3. The zero-order chi connectivity index (χ0) is 15.2. The molecule has 108 valence electrons. The standard InChI is InChI=1S/C17H16BrNO2/c1-3-21-17-10-14(11-19)13(9-16(17)18)8-12-4-6-15(20-2)7-5-12/h4-7,9-10H,3,8H2,1-2H3. The van der Waals surface area contributed by atoms with Crippen molar-refractivity contribution in [2.45, 2.75) is 13.3 Å². The summed E-state index contributed by atoms with van der Waals surface area (Å²) in [6.45, 7) is 2.49. The maximum Gasteiger partial charge on any atom is 0.134 e. The average Bonchev–Trinajstić information content (AvgIpc) is 2.51. The van der Waals surface area contributed by atoms with Crippen LogP contribution in [0.3, 0.4) is 0 Å². The van der Waals surface area contributed by atoms with E-state index in [0.717, 1.165) is 21.3 Å². The predicted octanol–water partition coefficient (Wildman–Crippen LogP) is 4.32. The molecule has 21 heavy (non-hydrogen) atoms. The zero-order valence-corrected chi connectivity index (χ0v) is 13.6. The predicted molar refractivity (Wildman–Crippen MR) is 85.8 cm³/mol. The molecule has 0 aliphatic heterocycles. The zero-order valence-electron chi connectivity index (χ0n) is 12.0. The lowest BCUT2D eigenvalue weighted by atomic mass is 10.00. The first-order valence-corrected chi connectivity index (χ1v) is 7.45. The van der Waals surface area contributed by atoms with Crippen molar-refractivity contribution in [1.82, 2.24) is 0 Å². The fourth-order valence-corrected chi connectivity index (χ4v) is 2.58. The van der Waals surface area contributed by atoms with E-state index in [1.807, 2.05) is 37.3 Å². The quantitative estimate of drug-likeness (QED) is 0.810. The van der Waals surface area contributed by atoms with Crippen LogP contribution in [0.2, 0.25) is 0 Å². The molecular formula is C17H16BrNO2. The van der Waals surface area contributed by atoms with Crippen molar-refractivity contribution in [1.29, 1.82) is 5.26 Å². The van der Waals surface area contributed by atoms with Gasteiger partial charge in [-0.25, -0.2) is 0 Å². The summed E-state index contributed by atoms with van der Waals surface area (Å²) in [7, 11) is 1.65. The van der Waals surface area contributed by atoms with Gasteiger partial charge >= 0.3 is 0 Å². The Morgan fingerprint density at radius 2 is 1.90 bits per heavy atom. The minimum atomic E-state index is 0.571. The third-order valence-corrected chi connectivity index (χ3v) is 3.75. The van der Waals surface area contributed by atoms with Gasteiger partial charge in [0.05, 0.1) is 29.8 Å². The summed E-state index contributed by atoms with van der Waals surface area (Å²) < 4.78 is 11.5. The third-order valence-electron chi connectivity index (χ3n) is 3.13. The fraction of sp³-hybridized carbons (Fsp3) is 0.235. The molecule has 0 N–H and O–H groups in total. The summed E-state index contributed by atoms with van der Waals surface area (Å²) in [5.74, 6) is 1.53. The van der Waals surface area contributed by atoms with E-state index < -0.39 is 0 Å². The van der Waals surface area contributed by atoms with Gasteiger partial charge in [0.25, 0.3) is 0 Å². The molecule has 4 heteroatoms. The third kappa shape index (κ3) is 3.77. The normalized spacial score (nSPS) is 10.0. The molecule has 0 unspecified atom stereocenters. The summed E-state index contributed by atoms with van der Waals surface area (Å²) in [4.78, 5) is 0. The first-order valence-electron chi connectivity index (χ1n) is 6.66. The summed E-state index contributed by atoms with van der Waals surface area (Å²) >= 11 is 3.49. The molecule has 0 aliphatic rings. The summed E-state index contributed by atoms with van der Waals surface area (Å²) in [5.41, 5.74) is 2.74. The second kappa shape index (κ2) is 7.14. The van der Waals surface area contributed by atoms with E-state index in [2.05, 4.69) is 22.0 Å². The minimum Gasteiger partial charge on any atom is -0.497 e. The van der Waals surface area contributed by atoms with Gasteiger partial charge < -0.3 is 9.47 Å². The van der Waals surface area contributed by atoms with Crippen molar-refractivity contribution in [2.24, 2.45) is 0 Å². The number of benzene rings is 2. The van der Waals surface area contributed by atoms with Crippen LogP contribution in [0.15, 0.2) is 40.9 Å². The molecule has 2 aromatic carbocycles. The van der Waals surface area contributed by atoms with Gasteiger partial charge in [-0.2, -0.15) is 5.26 Å². The highest BCUT2D eigenvalue weighted by molar-refractivity contribution is 9.10. The molecule has 0 atom stereocenters. The fourth-order valence-electron chi connectivity index (χ4n) is 2.07. The molecule has 0 heterocycles. The Balaban J connectivity index is 2.30. The number of rotatable bonds is 5. The first kappa shape index (κ1) is 15.4. The number of nitriles is 1. The van der Waals surface area contributed by atoms with Gasteiger partial charge in [-0.3, -0.25) is 0 Å². The average molecular weight is 346 g/mol. The highest BCUT2D eigenvalue weighted by Crippen LogP contribution is 2.30. The molecule has 0 amide bonds. The SMILES string of the molecule is CCOc1cc(C#N)c(Cc2ccc(OC)cc2)cc1Br. The molecule has 0 fully saturated rings. The van der Waals surface area contributed by atoms with Crippen molar-refractivity contribution in [3.05, 3.63) is 57.6 Å². The molecule has 0 spiro atoms. The van der Waals surface area contributed by atoms with Crippen molar-refractivity contribution in [2.75, 3.05) is 13.7 Å². The molecule has 3 nitrogen and oxygen atoms in total. The summed E-state index contributed by atoms with van der Waals surface area (Å²) in [6.07, 6.45) is 0.692. The van der Waals surface area contributed by atoms with E-state index >= 15 is 0 Å². The van der Waals surface area contributed by atoms with E-state index in [-0.39, 0.29) is 0 Å². The van der Waals surface area contributed by atoms with Crippen LogP contribution >= 0.6 is 15.9 Å². The van der Waals surface area contributed by atoms with Gasteiger partial charge in [0.15, 0.2) is 0 Å². The van der Waals surface area contributed by atoms with Crippen LogP contribution in [0.5, 0.6) is 11.5 Å². The topological polar surface area (TPSA) is 42.2 Å². The summed E-state index contributed by atoms with van der Waals surface area (Å²) in [6, 6.07) is 13.8. The Hall–Kier alpha value is -1.99. The van der Waals surface area contributed by atoms with Crippen LogP contribution in [0.25, 0.3) is 0 Å². The molecule has 0 saturated carbocycles. The molecular weight excluding hydrogens is 330 g/mol. The highest BCUT2D eigenvalue weighted by Gasteiger charge is 2.10.